The van der Waals surface area contributed by atoms with E-state index in [2.05, 4.69) is 15.9 Å². The molecule has 1 aliphatic rings. The van der Waals surface area contributed by atoms with Gasteiger partial charge in [-0.15, -0.1) is 0 Å². The number of rotatable bonds is 8. The summed E-state index contributed by atoms with van der Waals surface area (Å²) in [5, 5.41) is 1.08. The van der Waals surface area contributed by atoms with Gasteiger partial charge >= 0.3 is 17.9 Å². The van der Waals surface area contributed by atoms with Gasteiger partial charge in [0.05, 0.1) is 16.7 Å². The van der Waals surface area contributed by atoms with Gasteiger partial charge in [-0.2, -0.15) is 0 Å². The molecule has 0 unspecified atom stereocenters. The van der Waals surface area contributed by atoms with Crippen molar-refractivity contribution in [3.05, 3.63) is 153 Å². The highest BCUT2D eigenvalue weighted by atomic mass is 79.9. The maximum atomic E-state index is 13.8. The zero-order valence-corrected chi connectivity index (χ0v) is 25.2. The molecule has 10 heteroatoms. The molecule has 4 aromatic carbocycles. The molecule has 226 valence electrons. The van der Waals surface area contributed by atoms with E-state index < -0.39 is 48.0 Å². The normalized spacial score (nSPS) is 19.1. The molecule has 0 bridgehead atoms. The molecule has 0 spiro atoms. The summed E-state index contributed by atoms with van der Waals surface area (Å²) in [7, 11) is 0. The van der Waals surface area contributed by atoms with Crippen LogP contribution in [0.1, 0.15) is 37.3 Å². The van der Waals surface area contributed by atoms with Crippen LogP contribution in [-0.4, -0.2) is 47.4 Å². The van der Waals surface area contributed by atoms with Crippen LogP contribution in [0.4, 0.5) is 0 Å². The number of esters is 3. The van der Waals surface area contributed by atoms with Gasteiger partial charge < -0.3 is 18.9 Å². The van der Waals surface area contributed by atoms with E-state index in [9.17, 15) is 19.2 Å². The number of pyridine rings is 1. The van der Waals surface area contributed by atoms with Gasteiger partial charge in [0.1, 0.15) is 12.7 Å². The maximum absolute atomic E-state index is 13.8. The Morgan fingerprint density at radius 3 is 1.80 bits per heavy atom. The molecule has 2 heterocycles. The lowest BCUT2D eigenvalue weighted by Gasteiger charge is -2.25. The van der Waals surface area contributed by atoms with E-state index in [4.69, 9.17) is 18.9 Å². The van der Waals surface area contributed by atoms with E-state index >= 15 is 0 Å². The van der Waals surface area contributed by atoms with Crippen molar-refractivity contribution < 1.29 is 33.3 Å². The lowest BCUT2D eigenvalue weighted by atomic mass is 10.1. The number of halogens is 1. The summed E-state index contributed by atoms with van der Waals surface area (Å²) in [4.78, 5) is 53.3. The standard InChI is InChI=1S/C35H26BrNO8/c36-26-16-17-27-25(20-26)18-19-37(31(27)38)32-30(45-35(41)24-14-8-3-9-15-24)29(44-34(40)23-12-6-2-7-13-23)28(43-32)21-42-33(39)22-10-4-1-5-11-22/h1-20,28-30,32H,21H2/t28-,29+,30-,32-/m1/s1. The number of carbonyl (C=O) groups is 3. The summed E-state index contributed by atoms with van der Waals surface area (Å²) in [6.07, 6.45) is -3.36. The van der Waals surface area contributed by atoms with Crippen molar-refractivity contribution >= 4 is 44.6 Å². The average molecular weight is 668 g/mol. The SMILES string of the molecule is O=C(OC[C@H]1O[C@@H](n2ccc3cc(Br)ccc3c2=O)[C@H](OC(=O)c2ccccc2)[C@H]1OC(=O)c1ccccc1)c1ccccc1. The number of fused-ring (bicyclic) bond motifs is 1. The second-order valence-corrected chi connectivity index (χ2v) is 11.2. The van der Waals surface area contributed by atoms with Gasteiger partial charge in [-0.05, 0) is 66.0 Å². The Balaban J connectivity index is 1.39. The molecular formula is C35H26BrNO8. The number of benzene rings is 4. The molecular weight excluding hydrogens is 642 g/mol. The first-order valence-corrected chi connectivity index (χ1v) is 14.9. The average Bonchev–Trinajstić information content (AvgIpc) is 3.40. The first kappa shape index (κ1) is 30.0. The van der Waals surface area contributed by atoms with Gasteiger partial charge in [-0.3, -0.25) is 9.36 Å². The molecule has 0 aliphatic carbocycles. The third-order valence-electron chi connectivity index (χ3n) is 7.35. The van der Waals surface area contributed by atoms with Crippen molar-refractivity contribution in [3.8, 4) is 0 Å². The lowest BCUT2D eigenvalue weighted by Crippen LogP contribution is -2.42. The Morgan fingerprint density at radius 1 is 0.689 bits per heavy atom. The minimum Gasteiger partial charge on any atom is -0.459 e. The highest BCUT2D eigenvalue weighted by Crippen LogP contribution is 2.35. The number of hydrogen-bond donors (Lipinski definition) is 0. The highest BCUT2D eigenvalue weighted by Gasteiger charge is 2.51. The molecule has 6 rings (SSSR count). The van der Waals surface area contributed by atoms with E-state index in [1.165, 1.54) is 10.8 Å². The highest BCUT2D eigenvalue weighted by molar-refractivity contribution is 9.10. The van der Waals surface area contributed by atoms with Crippen LogP contribution >= 0.6 is 15.9 Å². The van der Waals surface area contributed by atoms with Crippen LogP contribution < -0.4 is 5.56 Å². The molecule has 1 saturated heterocycles. The summed E-state index contributed by atoms with van der Waals surface area (Å²) >= 11 is 3.42. The molecule has 45 heavy (non-hydrogen) atoms. The Hall–Kier alpha value is -5.06. The fourth-order valence-electron chi connectivity index (χ4n) is 5.12. The lowest BCUT2D eigenvalue weighted by molar-refractivity contribution is -0.0632. The van der Waals surface area contributed by atoms with Crippen molar-refractivity contribution in [1.29, 1.82) is 0 Å². The quantitative estimate of drug-likeness (QED) is 0.147. The van der Waals surface area contributed by atoms with Crippen LogP contribution in [0.2, 0.25) is 0 Å². The second kappa shape index (κ2) is 13.3. The van der Waals surface area contributed by atoms with Gasteiger partial charge in [0.15, 0.2) is 18.4 Å². The van der Waals surface area contributed by atoms with Gasteiger partial charge in [0.2, 0.25) is 0 Å². The number of nitrogens with zero attached hydrogens (tertiary/aromatic N) is 1. The summed E-state index contributed by atoms with van der Waals surface area (Å²) < 4.78 is 25.9. The fourth-order valence-corrected chi connectivity index (χ4v) is 5.49. The van der Waals surface area contributed by atoms with Gasteiger partial charge in [-0.1, -0.05) is 70.5 Å². The number of carbonyl (C=O) groups excluding carboxylic acids is 3. The van der Waals surface area contributed by atoms with Gasteiger partial charge in [-0.25, -0.2) is 14.4 Å². The molecule has 0 amide bonds. The van der Waals surface area contributed by atoms with Crippen molar-refractivity contribution in [2.45, 2.75) is 24.5 Å². The van der Waals surface area contributed by atoms with Gasteiger partial charge in [0, 0.05) is 16.1 Å². The molecule has 1 aliphatic heterocycles. The van der Waals surface area contributed by atoms with Crippen molar-refractivity contribution in [2.24, 2.45) is 0 Å². The molecule has 4 atom stereocenters. The smallest absolute Gasteiger partial charge is 0.338 e. The van der Waals surface area contributed by atoms with Gasteiger partial charge in [0.25, 0.3) is 5.56 Å². The van der Waals surface area contributed by atoms with Crippen LogP contribution in [0.15, 0.2) is 131 Å². The van der Waals surface area contributed by atoms with E-state index in [0.717, 1.165) is 4.47 Å². The summed E-state index contributed by atoms with van der Waals surface area (Å²) in [5.74, 6) is -2.04. The largest absolute Gasteiger partial charge is 0.459 e. The number of ether oxygens (including phenoxy) is 4. The van der Waals surface area contributed by atoms with E-state index in [1.54, 1.807) is 115 Å². The van der Waals surface area contributed by atoms with Crippen LogP contribution in [-0.2, 0) is 18.9 Å². The van der Waals surface area contributed by atoms with E-state index in [0.29, 0.717) is 16.3 Å². The molecule has 0 saturated carbocycles. The summed E-state index contributed by atoms with van der Waals surface area (Å²) in [6, 6.07) is 31.9. The Kier molecular flexibility index (Phi) is 8.86. The van der Waals surface area contributed by atoms with Crippen molar-refractivity contribution in [1.82, 2.24) is 4.57 Å². The minimum absolute atomic E-state index is 0.249. The maximum Gasteiger partial charge on any atom is 0.338 e. The van der Waals surface area contributed by atoms with E-state index in [1.807, 2.05) is 0 Å². The Labute approximate surface area is 266 Å². The molecule has 1 fully saturated rings. The Morgan fingerprint density at radius 2 is 1.22 bits per heavy atom. The molecule has 1 aromatic heterocycles. The summed E-state index contributed by atoms with van der Waals surface area (Å²) in [5.41, 5.74) is 0.399. The third kappa shape index (κ3) is 6.57. The fraction of sp³-hybridized carbons (Fsp3) is 0.143. The number of hydrogen-bond acceptors (Lipinski definition) is 8. The van der Waals surface area contributed by atoms with Crippen LogP contribution in [0.3, 0.4) is 0 Å². The molecule has 9 nitrogen and oxygen atoms in total. The summed E-state index contributed by atoms with van der Waals surface area (Å²) in [6.45, 7) is -0.356. The van der Waals surface area contributed by atoms with Crippen LogP contribution in [0.25, 0.3) is 10.8 Å². The topological polar surface area (TPSA) is 110 Å². The van der Waals surface area contributed by atoms with Crippen molar-refractivity contribution in [3.63, 3.8) is 0 Å². The first-order valence-electron chi connectivity index (χ1n) is 14.1. The Bertz CT molecular complexity index is 1900. The predicted octanol–water partition coefficient (Wildman–Crippen LogP) is 5.97. The van der Waals surface area contributed by atoms with Crippen molar-refractivity contribution in [2.75, 3.05) is 6.61 Å². The first-order chi connectivity index (χ1) is 21.9. The van der Waals surface area contributed by atoms with E-state index in [-0.39, 0.29) is 17.7 Å². The molecule has 0 N–H and O–H groups in total. The third-order valence-corrected chi connectivity index (χ3v) is 7.84. The molecule has 5 aromatic rings. The zero-order valence-electron chi connectivity index (χ0n) is 23.7. The predicted molar refractivity (Wildman–Crippen MR) is 168 cm³/mol. The zero-order chi connectivity index (χ0) is 31.3. The second-order valence-electron chi connectivity index (χ2n) is 10.3. The van der Waals surface area contributed by atoms with Crippen LogP contribution in [0, 0.1) is 0 Å². The monoisotopic (exact) mass is 667 g/mol. The number of aromatic nitrogens is 1. The molecule has 0 radical (unpaired) electrons. The van der Waals surface area contributed by atoms with Crippen LogP contribution in [0.5, 0.6) is 0 Å². The minimum atomic E-state index is -1.30.